The number of sulfone groups is 1. The van der Waals surface area contributed by atoms with Crippen LogP contribution in [0, 0.1) is 0 Å². The number of anilines is 1. The van der Waals surface area contributed by atoms with Gasteiger partial charge in [-0.05, 0) is 13.3 Å². The van der Waals surface area contributed by atoms with Crippen molar-refractivity contribution in [3.8, 4) is 0 Å². The molecular formula is C10H15N3O4S. The molecule has 7 nitrogen and oxygen atoms in total. The van der Waals surface area contributed by atoms with Crippen molar-refractivity contribution in [1.82, 2.24) is 9.78 Å². The summed E-state index contributed by atoms with van der Waals surface area (Å²) in [5, 5.41) is 3.99. The van der Waals surface area contributed by atoms with E-state index in [2.05, 4.69) is 5.10 Å². The van der Waals surface area contributed by atoms with E-state index in [4.69, 9.17) is 10.5 Å². The minimum Gasteiger partial charge on any atom is -0.462 e. The van der Waals surface area contributed by atoms with E-state index >= 15 is 0 Å². The Hall–Kier alpha value is -1.57. The molecule has 1 aromatic heterocycles. The van der Waals surface area contributed by atoms with Gasteiger partial charge in [0, 0.05) is 0 Å². The second-order valence-corrected chi connectivity index (χ2v) is 6.39. The summed E-state index contributed by atoms with van der Waals surface area (Å²) in [7, 11) is -3.01. The van der Waals surface area contributed by atoms with Crippen LogP contribution >= 0.6 is 0 Å². The lowest BCUT2D eigenvalue weighted by Crippen LogP contribution is -2.16. The maximum absolute atomic E-state index is 11.5. The SMILES string of the molecule is CCOC(=O)c1cnn(C2CCS(=O)(=O)C2)c1N. The Balaban J connectivity index is 2.24. The van der Waals surface area contributed by atoms with Crippen LogP contribution in [0.1, 0.15) is 29.7 Å². The standard InChI is InChI=1S/C10H15N3O4S/c1-2-17-10(14)8-5-12-13(9(8)11)7-3-4-18(15,16)6-7/h5,7H,2-4,6,11H2,1H3. The lowest BCUT2D eigenvalue weighted by atomic mass is 10.2. The number of hydrogen-bond donors (Lipinski definition) is 1. The summed E-state index contributed by atoms with van der Waals surface area (Å²) >= 11 is 0. The molecule has 0 aromatic carbocycles. The summed E-state index contributed by atoms with van der Waals surface area (Å²) in [6.07, 6.45) is 1.79. The number of nitrogens with two attached hydrogens (primary N) is 1. The quantitative estimate of drug-likeness (QED) is 0.777. The zero-order valence-electron chi connectivity index (χ0n) is 10.00. The van der Waals surface area contributed by atoms with Crippen LogP contribution in [-0.4, -0.2) is 42.3 Å². The summed E-state index contributed by atoms with van der Waals surface area (Å²) in [6, 6.07) is -0.293. The minimum absolute atomic E-state index is 0.0150. The number of carbonyl (C=O) groups is 1. The summed E-state index contributed by atoms with van der Waals surface area (Å²) in [6.45, 7) is 1.95. The molecule has 1 saturated heterocycles. The van der Waals surface area contributed by atoms with Crippen molar-refractivity contribution in [1.29, 1.82) is 0 Å². The molecule has 18 heavy (non-hydrogen) atoms. The number of nitrogen functional groups attached to an aromatic ring is 1. The van der Waals surface area contributed by atoms with Crippen molar-refractivity contribution in [2.24, 2.45) is 0 Å². The second kappa shape index (κ2) is 4.60. The zero-order valence-corrected chi connectivity index (χ0v) is 10.8. The van der Waals surface area contributed by atoms with Crippen LogP contribution in [-0.2, 0) is 14.6 Å². The van der Waals surface area contributed by atoms with E-state index in [1.807, 2.05) is 0 Å². The molecule has 0 saturated carbocycles. The first-order valence-electron chi connectivity index (χ1n) is 5.65. The molecule has 0 radical (unpaired) electrons. The highest BCUT2D eigenvalue weighted by atomic mass is 32.2. The molecule has 1 fully saturated rings. The summed E-state index contributed by atoms with van der Waals surface area (Å²) in [5.41, 5.74) is 5.99. The molecular weight excluding hydrogens is 258 g/mol. The average molecular weight is 273 g/mol. The van der Waals surface area contributed by atoms with Crippen molar-refractivity contribution >= 4 is 21.6 Å². The molecule has 1 aliphatic rings. The fourth-order valence-electron chi connectivity index (χ4n) is 2.00. The topological polar surface area (TPSA) is 104 Å². The van der Waals surface area contributed by atoms with Gasteiger partial charge in [-0.1, -0.05) is 0 Å². The maximum Gasteiger partial charge on any atom is 0.343 e. The van der Waals surface area contributed by atoms with Crippen LogP contribution in [0.5, 0.6) is 0 Å². The number of carbonyl (C=O) groups excluding carboxylic acids is 1. The highest BCUT2D eigenvalue weighted by Crippen LogP contribution is 2.26. The van der Waals surface area contributed by atoms with E-state index in [9.17, 15) is 13.2 Å². The van der Waals surface area contributed by atoms with Crippen LogP contribution in [0.15, 0.2) is 6.20 Å². The molecule has 1 aliphatic heterocycles. The Kier molecular flexibility index (Phi) is 3.29. The van der Waals surface area contributed by atoms with Crippen LogP contribution in [0.25, 0.3) is 0 Å². The van der Waals surface area contributed by atoms with Crippen LogP contribution in [0.4, 0.5) is 5.82 Å². The Labute approximate surface area is 105 Å². The normalized spacial score (nSPS) is 21.9. The monoisotopic (exact) mass is 273 g/mol. The third-order valence-corrected chi connectivity index (χ3v) is 4.63. The number of rotatable bonds is 3. The largest absolute Gasteiger partial charge is 0.462 e. The van der Waals surface area contributed by atoms with E-state index in [0.29, 0.717) is 6.42 Å². The Morgan fingerprint density at radius 2 is 2.39 bits per heavy atom. The van der Waals surface area contributed by atoms with Crippen LogP contribution < -0.4 is 5.73 Å². The molecule has 2 rings (SSSR count). The number of nitrogens with zero attached hydrogens (tertiary/aromatic N) is 2. The predicted octanol–water partition coefficient (Wildman–Crippen LogP) is 0.00160. The van der Waals surface area contributed by atoms with Gasteiger partial charge in [-0.3, -0.25) is 0 Å². The number of aromatic nitrogens is 2. The van der Waals surface area contributed by atoms with Gasteiger partial charge in [0.2, 0.25) is 0 Å². The lowest BCUT2D eigenvalue weighted by Gasteiger charge is -2.10. The molecule has 0 amide bonds. The van der Waals surface area contributed by atoms with Gasteiger partial charge >= 0.3 is 5.97 Å². The molecule has 8 heteroatoms. The summed E-state index contributed by atoms with van der Waals surface area (Å²) in [4.78, 5) is 11.5. The Morgan fingerprint density at radius 3 is 2.94 bits per heavy atom. The maximum atomic E-state index is 11.5. The first-order valence-corrected chi connectivity index (χ1v) is 7.47. The van der Waals surface area contributed by atoms with E-state index in [0.717, 1.165) is 0 Å². The third kappa shape index (κ3) is 2.33. The second-order valence-electron chi connectivity index (χ2n) is 4.17. The van der Waals surface area contributed by atoms with E-state index < -0.39 is 15.8 Å². The molecule has 0 spiro atoms. The third-order valence-electron chi connectivity index (χ3n) is 2.88. The van der Waals surface area contributed by atoms with E-state index in [1.165, 1.54) is 10.9 Å². The van der Waals surface area contributed by atoms with Gasteiger partial charge in [0.05, 0.1) is 30.4 Å². The van der Waals surface area contributed by atoms with Crippen LogP contribution in [0.2, 0.25) is 0 Å². The Morgan fingerprint density at radius 1 is 1.67 bits per heavy atom. The summed E-state index contributed by atoms with van der Waals surface area (Å²) in [5.74, 6) is -0.231. The minimum atomic E-state index is -3.01. The van der Waals surface area contributed by atoms with Crippen LogP contribution in [0.3, 0.4) is 0 Å². The van der Waals surface area contributed by atoms with Crippen molar-refractivity contribution in [2.45, 2.75) is 19.4 Å². The molecule has 1 aromatic rings. The molecule has 0 bridgehead atoms. The van der Waals surface area contributed by atoms with Gasteiger partial charge < -0.3 is 10.5 Å². The number of ether oxygens (including phenoxy) is 1. The first kappa shape index (κ1) is 12.9. The number of esters is 1. The smallest absolute Gasteiger partial charge is 0.343 e. The molecule has 1 atom stereocenters. The fraction of sp³-hybridized carbons (Fsp3) is 0.600. The fourth-order valence-corrected chi connectivity index (χ4v) is 3.69. The lowest BCUT2D eigenvalue weighted by molar-refractivity contribution is 0.0527. The molecule has 2 N–H and O–H groups in total. The number of hydrogen-bond acceptors (Lipinski definition) is 6. The van der Waals surface area contributed by atoms with Crippen molar-refractivity contribution in [3.05, 3.63) is 11.8 Å². The highest BCUT2D eigenvalue weighted by Gasteiger charge is 2.32. The highest BCUT2D eigenvalue weighted by molar-refractivity contribution is 7.91. The molecule has 1 unspecified atom stereocenters. The van der Waals surface area contributed by atoms with Gasteiger partial charge in [0.15, 0.2) is 9.84 Å². The van der Waals surface area contributed by atoms with Gasteiger partial charge in [-0.15, -0.1) is 0 Å². The predicted molar refractivity (Wildman–Crippen MR) is 64.9 cm³/mol. The molecule has 0 aliphatic carbocycles. The summed E-state index contributed by atoms with van der Waals surface area (Å²) < 4.78 is 29.0. The van der Waals surface area contributed by atoms with Gasteiger partial charge in [0.25, 0.3) is 0 Å². The van der Waals surface area contributed by atoms with Crippen molar-refractivity contribution in [2.75, 3.05) is 23.8 Å². The zero-order chi connectivity index (χ0) is 13.3. The Bertz CT molecular complexity index is 564. The van der Waals surface area contributed by atoms with Crippen molar-refractivity contribution < 1.29 is 17.9 Å². The molecule has 2 heterocycles. The van der Waals surface area contributed by atoms with Gasteiger partial charge in [-0.2, -0.15) is 5.10 Å². The van der Waals surface area contributed by atoms with Crippen molar-refractivity contribution in [3.63, 3.8) is 0 Å². The average Bonchev–Trinajstić information content (AvgIpc) is 2.82. The molecule has 100 valence electrons. The van der Waals surface area contributed by atoms with E-state index in [-0.39, 0.29) is 35.5 Å². The first-order chi connectivity index (χ1) is 8.44. The van der Waals surface area contributed by atoms with E-state index in [1.54, 1.807) is 6.92 Å². The van der Waals surface area contributed by atoms with Gasteiger partial charge in [0.1, 0.15) is 11.4 Å². The van der Waals surface area contributed by atoms with Gasteiger partial charge in [-0.25, -0.2) is 17.9 Å².